The molecule has 0 aromatic heterocycles. The maximum atomic E-state index is 12.4. The Bertz CT molecular complexity index is 843. The Morgan fingerprint density at radius 2 is 1.45 bits per heavy atom. The zero-order chi connectivity index (χ0) is 21.4. The molecule has 7 nitrogen and oxygen atoms in total. The van der Waals surface area contributed by atoms with Crippen molar-refractivity contribution in [2.24, 2.45) is 0 Å². The largest absolute Gasteiger partial charge is 0.465 e. The summed E-state index contributed by atoms with van der Waals surface area (Å²) >= 11 is 0. The van der Waals surface area contributed by atoms with Crippen molar-refractivity contribution in [1.29, 1.82) is 0 Å². The second kappa shape index (κ2) is 10.3. The number of nitrogens with zero attached hydrogens (tertiary/aromatic N) is 2. The van der Waals surface area contributed by atoms with Gasteiger partial charge in [0.15, 0.2) is 0 Å². The van der Waals surface area contributed by atoms with E-state index in [0.717, 1.165) is 18.8 Å². The third-order valence-electron chi connectivity index (χ3n) is 4.56. The number of anilines is 3. The van der Waals surface area contributed by atoms with Crippen LogP contribution in [0.25, 0.3) is 0 Å². The molecular formula is C22H27N3O4. The number of methoxy groups -OCH3 is 1. The minimum atomic E-state index is -0.446. The number of rotatable bonds is 8. The molecule has 0 atom stereocenters. The van der Waals surface area contributed by atoms with Crippen molar-refractivity contribution in [2.75, 3.05) is 41.9 Å². The number of carbonyl (C=O) groups is 3. The molecule has 0 heterocycles. The Hall–Kier alpha value is -3.35. The van der Waals surface area contributed by atoms with E-state index in [4.69, 9.17) is 0 Å². The van der Waals surface area contributed by atoms with Crippen molar-refractivity contribution in [3.63, 3.8) is 0 Å². The summed E-state index contributed by atoms with van der Waals surface area (Å²) in [5, 5.41) is 2.74. The third kappa shape index (κ3) is 5.81. The zero-order valence-corrected chi connectivity index (χ0v) is 17.3. The lowest BCUT2D eigenvalue weighted by Crippen LogP contribution is -2.36. The molecule has 1 N–H and O–H groups in total. The van der Waals surface area contributed by atoms with Crippen LogP contribution >= 0.6 is 0 Å². The summed E-state index contributed by atoms with van der Waals surface area (Å²) in [7, 11) is 1.31. The molecule has 0 unspecified atom stereocenters. The molecule has 29 heavy (non-hydrogen) atoms. The van der Waals surface area contributed by atoms with Crippen molar-refractivity contribution in [3.8, 4) is 0 Å². The van der Waals surface area contributed by atoms with Crippen molar-refractivity contribution < 1.29 is 19.1 Å². The standard InChI is InChI=1S/C22H27N3O4/c1-5-24(6-2)19-11-13-20(14-12-19)25(16(3)26)15-21(27)23-18-9-7-17(8-10-18)22(28)29-4/h7-14H,5-6,15H2,1-4H3,(H,23,27). The number of benzene rings is 2. The lowest BCUT2D eigenvalue weighted by molar-refractivity contribution is -0.120. The first-order valence-corrected chi connectivity index (χ1v) is 9.50. The molecule has 0 aliphatic rings. The van der Waals surface area contributed by atoms with E-state index in [-0.39, 0.29) is 18.4 Å². The van der Waals surface area contributed by atoms with Crippen LogP contribution in [-0.2, 0) is 14.3 Å². The molecule has 2 aromatic rings. The van der Waals surface area contributed by atoms with E-state index in [2.05, 4.69) is 28.8 Å². The Kier molecular flexibility index (Phi) is 7.77. The van der Waals surface area contributed by atoms with Crippen LogP contribution in [0.5, 0.6) is 0 Å². The fraction of sp³-hybridized carbons (Fsp3) is 0.318. The zero-order valence-electron chi connectivity index (χ0n) is 17.3. The van der Waals surface area contributed by atoms with Gasteiger partial charge in [-0.15, -0.1) is 0 Å². The maximum Gasteiger partial charge on any atom is 0.337 e. The highest BCUT2D eigenvalue weighted by Crippen LogP contribution is 2.21. The minimum Gasteiger partial charge on any atom is -0.465 e. The van der Waals surface area contributed by atoms with E-state index < -0.39 is 5.97 Å². The monoisotopic (exact) mass is 397 g/mol. The molecule has 154 valence electrons. The van der Waals surface area contributed by atoms with Crippen LogP contribution in [0.1, 0.15) is 31.1 Å². The smallest absolute Gasteiger partial charge is 0.337 e. The van der Waals surface area contributed by atoms with Crippen LogP contribution in [0.4, 0.5) is 17.1 Å². The number of hydrogen-bond acceptors (Lipinski definition) is 5. The average Bonchev–Trinajstić information content (AvgIpc) is 2.73. The molecule has 0 fully saturated rings. The van der Waals surface area contributed by atoms with Crippen molar-refractivity contribution >= 4 is 34.8 Å². The summed E-state index contributed by atoms with van der Waals surface area (Å²) in [4.78, 5) is 39.6. The van der Waals surface area contributed by atoms with Crippen LogP contribution in [0.3, 0.4) is 0 Å². The van der Waals surface area contributed by atoms with E-state index in [1.807, 2.05) is 24.3 Å². The normalized spacial score (nSPS) is 10.2. The van der Waals surface area contributed by atoms with Gasteiger partial charge in [-0.3, -0.25) is 9.59 Å². The molecule has 0 bridgehead atoms. The summed E-state index contributed by atoms with van der Waals surface area (Å²) in [5.74, 6) is -1.01. The Labute approximate surface area is 171 Å². The first-order valence-electron chi connectivity index (χ1n) is 9.50. The number of nitrogens with one attached hydrogen (secondary N) is 1. The van der Waals surface area contributed by atoms with Gasteiger partial charge in [0, 0.05) is 37.1 Å². The molecule has 2 aromatic carbocycles. The van der Waals surface area contributed by atoms with Crippen LogP contribution in [0.15, 0.2) is 48.5 Å². The van der Waals surface area contributed by atoms with Gasteiger partial charge in [0.1, 0.15) is 6.54 Å². The topological polar surface area (TPSA) is 78.9 Å². The van der Waals surface area contributed by atoms with Crippen LogP contribution in [0, 0.1) is 0 Å². The average molecular weight is 397 g/mol. The van der Waals surface area contributed by atoms with Gasteiger partial charge >= 0.3 is 5.97 Å². The Morgan fingerprint density at radius 1 is 0.897 bits per heavy atom. The van der Waals surface area contributed by atoms with E-state index in [9.17, 15) is 14.4 Å². The summed E-state index contributed by atoms with van der Waals surface area (Å²) in [6.07, 6.45) is 0. The molecule has 2 amide bonds. The van der Waals surface area contributed by atoms with Gasteiger partial charge in [0.25, 0.3) is 0 Å². The van der Waals surface area contributed by atoms with Gasteiger partial charge in [-0.1, -0.05) is 0 Å². The molecule has 7 heteroatoms. The summed E-state index contributed by atoms with van der Waals surface area (Å²) in [5.41, 5.74) is 2.65. The van der Waals surface area contributed by atoms with Crippen LogP contribution in [0.2, 0.25) is 0 Å². The fourth-order valence-corrected chi connectivity index (χ4v) is 2.97. The number of hydrogen-bond donors (Lipinski definition) is 1. The Balaban J connectivity index is 2.07. The second-order valence-corrected chi connectivity index (χ2v) is 6.41. The van der Waals surface area contributed by atoms with Gasteiger partial charge in [-0.05, 0) is 62.4 Å². The summed E-state index contributed by atoms with van der Waals surface area (Å²) in [6, 6.07) is 13.9. The van der Waals surface area contributed by atoms with E-state index >= 15 is 0 Å². The molecule has 0 saturated carbocycles. The van der Waals surface area contributed by atoms with Crippen LogP contribution < -0.4 is 15.1 Å². The second-order valence-electron chi connectivity index (χ2n) is 6.41. The maximum absolute atomic E-state index is 12.4. The van der Waals surface area contributed by atoms with Gasteiger partial charge in [-0.2, -0.15) is 0 Å². The van der Waals surface area contributed by atoms with E-state index in [1.54, 1.807) is 24.3 Å². The molecule has 0 aliphatic heterocycles. The highest BCUT2D eigenvalue weighted by molar-refractivity contribution is 6.02. The highest BCUT2D eigenvalue weighted by atomic mass is 16.5. The lowest BCUT2D eigenvalue weighted by atomic mass is 10.2. The van der Waals surface area contributed by atoms with Crippen molar-refractivity contribution in [2.45, 2.75) is 20.8 Å². The summed E-state index contributed by atoms with van der Waals surface area (Å²) in [6.45, 7) is 7.27. The molecule has 0 saturated heterocycles. The predicted molar refractivity (Wildman–Crippen MR) is 114 cm³/mol. The van der Waals surface area contributed by atoms with Gasteiger partial charge < -0.3 is 19.9 Å². The van der Waals surface area contributed by atoms with Crippen LogP contribution in [-0.4, -0.2) is 44.5 Å². The Morgan fingerprint density at radius 3 is 1.93 bits per heavy atom. The van der Waals surface area contributed by atoms with E-state index in [1.165, 1.54) is 18.9 Å². The molecule has 0 spiro atoms. The van der Waals surface area contributed by atoms with Crippen molar-refractivity contribution in [1.82, 2.24) is 0 Å². The minimum absolute atomic E-state index is 0.112. The summed E-state index contributed by atoms with van der Waals surface area (Å²) < 4.78 is 4.65. The predicted octanol–water partition coefficient (Wildman–Crippen LogP) is 3.31. The molecule has 0 aliphatic carbocycles. The molecule has 2 rings (SSSR count). The number of amides is 2. The number of esters is 1. The highest BCUT2D eigenvalue weighted by Gasteiger charge is 2.16. The SMILES string of the molecule is CCN(CC)c1ccc(N(CC(=O)Nc2ccc(C(=O)OC)cc2)C(C)=O)cc1. The quantitative estimate of drug-likeness (QED) is 0.692. The molecular weight excluding hydrogens is 370 g/mol. The third-order valence-corrected chi connectivity index (χ3v) is 4.56. The van der Waals surface area contributed by atoms with Gasteiger partial charge in [0.2, 0.25) is 11.8 Å². The number of ether oxygens (including phenoxy) is 1. The fourth-order valence-electron chi connectivity index (χ4n) is 2.97. The lowest BCUT2D eigenvalue weighted by Gasteiger charge is -2.24. The first kappa shape index (κ1) is 21.9. The van der Waals surface area contributed by atoms with Gasteiger partial charge in [0.05, 0.1) is 12.7 Å². The van der Waals surface area contributed by atoms with E-state index in [0.29, 0.717) is 16.9 Å². The van der Waals surface area contributed by atoms with Crippen molar-refractivity contribution in [3.05, 3.63) is 54.1 Å². The number of carbonyl (C=O) groups excluding carboxylic acids is 3. The molecule has 0 radical (unpaired) electrons. The van der Waals surface area contributed by atoms with Gasteiger partial charge in [-0.25, -0.2) is 4.79 Å². The first-order chi connectivity index (χ1) is 13.9.